The second-order valence-corrected chi connectivity index (χ2v) is 6.72. The highest BCUT2D eigenvalue weighted by molar-refractivity contribution is 5.99. The fraction of sp³-hybridized carbons (Fsp3) is 0.0435. The van der Waals surface area contributed by atoms with Gasteiger partial charge in [0.25, 0.3) is 0 Å². The van der Waals surface area contributed by atoms with Crippen LogP contribution in [0.4, 0.5) is 33.7 Å². The topological polar surface area (TPSA) is 63.2 Å². The van der Waals surface area contributed by atoms with Gasteiger partial charge in [0.2, 0.25) is 0 Å². The standard InChI is InChI=1S/C23H15F4N3O2/c24-19-10-7-15(13-18(19)23(25,26)27)30-22(31)29-14-5-8-16(9-6-14)32-21-11-12-28-20-4-2-1-3-17(20)21/h1-13H,(H2,29,30,31). The minimum atomic E-state index is -4.87. The summed E-state index contributed by atoms with van der Waals surface area (Å²) in [6.45, 7) is 0. The molecule has 9 heteroatoms. The van der Waals surface area contributed by atoms with E-state index in [1.54, 1.807) is 36.5 Å². The summed E-state index contributed by atoms with van der Waals surface area (Å²) in [7, 11) is 0. The zero-order valence-electron chi connectivity index (χ0n) is 16.3. The van der Waals surface area contributed by atoms with Crippen molar-refractivity contribution in [2.75, 3.05) is 10.6 Å². The minimum Gasteiger partial charge on any atom is -0.457 e. The van der Waals surface area contributed by atoms with Crippen LogP contribution < -0.4 is 15.4 Å². The molecule has 0 aliphatic carbocycles. The smallest absolute Gasteiger partial charge is 0.419 e. The number of hydrogen-bond donors (Lipinski definition) is 2. The zero-order chi connectivity index (χ0) is 22.7. The summed E-state index contributed by atoms with van der Waals surface area (Å²) in [6, 6.07) is 17.1. The van der Waals surface area contributed by atoms with Crippen LogP contribution in [0.5, 0.6) is 11.5 Å². The van der Waals surface area contributed by atoms with E-state index < -0.39 is 23.6 Å². The quantitative estimate of drug-likeness (QED) is 0.341. The van der Waals surface area contributed by atoms with Crippen molar-refractivity contribution < 1.29 is 27.1 Å². The van der Waals surface area contributed by atoms with Gasteiger partial charge in [-0.3, -0.25) is 4.98 Å². The molecule has 2 N–H and O–H groups in total. The number of fused-ring (bicyclic) bond motifs is 1. The van der Waals surface area contributed by atoms with Crippen molar-refractivity contribution >= 4 is 28.3 Å². The zero-order valence-corrected chi connectivity index (χ0v) is 16.3. The Balaban J connectivity index is 1.42. The van der Waals surface area contributed by atoms with Crippen molar-refractivity contribution in [3.63, 3.8) is 0 Å². The third kappa shape index (κ3) is 4.77. The molecule has 0 aliphatic rings. The average molecular weight is 441 g/mol. The first kappa shape index (κ1) is 21.1. The Morgan fingerprint density at radius 1 is 0.875 bits per heavy atom. The number of carbonyl (C=O) groups is 1. The van der Waals surface area contributed by atoms with Crippen LogP contribution in [0.15, 0.2) is 79.0 Å². The van der Waals surface area contributed by atoms with Crippen LogP contribution >= 0.6 is 0 Å². The lowest BCUT2D eigenvalue weighted by molar-refractivity contribution is -0.139. The van der Waals surface area contributed by atoms with E-state index in [4.69, 9.17) is 4.74 Å². The molecule has 0 spiro atoms. The molecule has 1 heterocycles. The van der Waals surface area contributed by atoms with E-state index in [0.717, 1.165) is 17.0 Å². The first-order chi connectivity index (χ1) is 15.3. The highest BCUT2D eigenvalue weighted by Gasteiger charge is 2.34. The van der Waals surface area contributed by atoms with Crippen LogP contribution in [0.3, 0.4) is 0 Å². The predicted molar refractivity (Wildman–Crippen MR) is 112 cm³/mol. The van der Waals surface area contributed by atoms with E-state index in [0.29, 0.717) is 29.3 Å². The van der Waals surface area contributed by atoms with Crippen molar-refractivity contribution in [1.82, 2.24) is 4.98 Å². The Morgan fingerprint density at radius 2 is 1.56 bits per heavy atom. The molecule has 0 atom stereocenters. The largest absolute Gasteiger partial charge is 0.457 e. The fourth-order valence-corrected chi connectivity index (χ4v) is 3.01. The Labute approximate surface area is 179 Å². The van der Waals surface area contributed by atoms with Crippen molar-refractivity contribution in [1.29, 1.82) is 0 Å². The molecule has 4 rings (SSSR count). The molecule has 2 amide bonds. The maximum absolute atomic E-state index is 13.4. The summed E-state index contributed by atoms with van der Waals surface area (Å²) in [5.41, 5.74) is -0.483. The molecular formula is C23H15F4N3O2. The van der Waals surface area contributed by atoms with Gasteiger partial charge < -0.3 is 15.4 Å². The number of anilines is 2. The van der Waals surface area contributed by atoms with Gasteiger partial charge in [-0.05, 0) is 60.7 Å². The highest BCUT2D eigenvalue weighted by Crippen LogP contribution is 2.33. The van der Waals surface area contributed by atoms with Crippen molar-refractivity contribution in [3.8, 4) is 11.5 Å². The van der Waals surface area contributed by atoms with E-state index in [1.807, 2.05) is 24.3 Å². The van der Waals surface area contributed by atoms with Crippen molar-refractivity contribution in [2.45, 2.75) is 6.18 Å². The molecule has 1 aromatic heterocycles. The summed E-state index contributed by atoms with van der Waals surface area (Å²) in [4.78, 5) is 16.4. The first-order valence-electron chi connectivity index (χ1n) is 9.36. The third-order valence-corrected chi connectivity index (χ3v) is 4.48. The lowest BCUT2D eigenvalue weighted by Gasteiger charge is -2.12. The summed E-state index contributed by atoms with van der Waals surface area (Å²) < 4.78 is 57.7. The summed E-state index contributed by atoms with van der Waals surface area (Å²) in [5.74, 6) is -0.285. The molecule has 0 bridgehead atoms. The molecule has 162 valence electrons. The van der Waals surface area contributed by atoms with Crippen molar-refractivity contribution in [2.24, 2.45) is 0 Å². The molecule has 0 saturated carbocycles. The van der Waals surface area contributed by atoms with E-state index in [-0.39, 0.29) is 5.69 Å². The van der Waals surface area contributed by atoms with Crippen LogP contribution in [0.1, 0.15) is 5.56 Å². The second kappa shape index (κ2) is 8.54. The number of benzene rings is 3. The normalized spacial score (nSPS) is 11.2. The summed E-state index contributed by atoms with van der Waals surface area (Å²) in [6.07, 6.45) is -3.23. The van der Waals surface area contributed by atoms with Crippen LogP contribution in [0, 0.1) is 5.82 Å². The molecule has 5 nitrogen and oxygen atoms in total. The predicted octanol–water partition coefficient (Wildman–Crippen LogP) is 6.83. The molecular weight excluding hydrogens is 426 g/mol. The Hall–Kier alpha value is -4.14. The molecule has 32 heavy (non-hydrogen) atoms. The van der Waals surface area contributed by atoms with Gasteiger partial charge in [0.15, 0.2) is 0 Å². The molecule has 0 fully saturated rings. The number of para-hydroxylation sites is 1. The average Bonchev–Trinajstić information content (AvgIpc) is 2.76. The summed E-state index contributed by atoms with van der Waals surface area (Å²) >= 11 is 0. The number of nitrogens with zero attached hydrogens (tertiary/aromatic N) is 1. The van der Waals surface area contributed by atoms with Gasteiger partial charge in [-0.15, -0.1) is 0 Å². The number of carbonyl (C=O) groups excluding carboxylic acids is 1. The van der Waals surface area contributed by atoms with E-state index in [9.17, 15) is 22.4 Å². The monoisotopic (exact) mass is 441 g/mol. The Bertz CT molecular complexity index is 1270. The number of pyridine rings is 1. The Morgan fingerprint density at radius 3 is 2.31 bits per heavy atom. The van der Waals surface area contributed by atoms with Gasteiger partial charge in [0.05, 0.1) is 11.1 Å². The maximum Gasteiger partial charge on any atom is 0.419 e. The number of urea groups is 1. The molecule has 3 aromatic carbocycles. The first-order valence-corrected chi connectivity index (χ1v) is 9.36. The van der Waals surface area contributed by atoms with Gasteiger partial charge in [-0.2, -0.15) is 13.2 Å². The molecule has 0 unspecified atom stereocenters. The molecule has 0 radical (unpaired) electrons. The summed E-state index contributed by atoms with van der Waals surface area (Å²) in [5, 5.41) is 5.58. The van der Waals surface area contributed by atoms with E-state index >= 15 is 0 Å². The number of aromatic nitrogens is 1. The van der Waals surface area contributed by atoms with Gasteiger partial charge in [-0.25, -0.2) is 9.18 Å². The molecule has 0 aliphatic heterocycles. The number of ether oxygens (including phenoxy) is 1. The highest BCUT2D eigenvalue weighted by atomic mass is 19.4. The fourth-order valence-electron chi connectivity index (χ4n) is 3.01. The number of amides is 2. The lowest BCUT2D eigenvalue weighted by atomic mass is 10.2. The Kier molecular flexibility index (Phi) is 5.63. The van der Waals surface area contributed by atoms with Gasteiger partial charge in [0, 0.05) is 23.0 Å². The second-order valence-electron chi connectivity index (χ2n) is 6.72. The SMILES string of the molecule is O=C(Nc1ccc(Oc2ccnc3ccccc23)cc1)Nc1ccc(F)c(C(F)(F)F)c1. The van der Waals surface area contributed by atoms with Gasteiger partial charge in [0.1, 0.15) is 17.3 Å². The van der Waals surface area contributed by atoms with Crippen molar-refractivity contribution in [3.05, 3.63) is 90.4 Å². The van der Waals surface area contributed by atoms with E-state index in [1.165, 1.54) is 0 Å². The maximum atomic E-state index is 13.4. The van der Waals surface area contributed by atoms with Crippen LogP contribution in [0.2, 0.25) is 0 Å². The number of nitrogens with one attached hydrogen (secondary N) is 2. The van der Waals surface area contributed by atoms with Crippen LogP contribution in [-0.4, -0.2) is 11.0 Å². The number of alkyl halides is 3. The lowest BCUT2D eigenvalue weighted by Crippen LogP contribution is -2.20. The number of rotatable bonds is 4. The molecule has 0 saturated heterocycles. The molecule has 4 aromatic rings. The van der Waals surface area contributed by atoms with Gasteiger partial charge in [-0.1, -0.05) is 12.1 Å². The third-order valence-electron chi connectivity index (χ3n) is 4.48. The number of hydrogen-bond acceptors (Lipinski definition) is 3. The minimum absolute atomic E-state index is 0.194. The number of halogens is 4. The van der Waals surface area contributed by atoms with Gasteiger partial charge >= 0.3 is 12.2 Å². The van der Waals surface area contributed by atoms with E-state index in [2.05, 4.69) is 15.6 Å². The van der Waals surface area contributed by atoms with Crippen LogP contribution in [0.25, 0.3) is 10.9 Å². The van der Waals surface area contributed by atoms with Crippen LogP contribution in [-0.2, 0) is 6.18 Å².